The third kappa shape index (κ3) is 6.26. The standard InChI is InChI=1S/C29H35NO9S/c1-29(2,28(31)32)21-10-13-24(37-5)27(14-21)40(33,34)30(17-19-8-11-22(35-3)15-25(19)38-6)18-20-9-12-23(36-4)16-26(20)39-7/h8-16H,17-18H2,1-7H3,(H,31,32). The van der Waals surface area contributed by atoms with E-state index in [1.54, 1.807) is 42.5 Å². The van der Waals surface area contributed by atoms with Crippen LogP contribution in [-0.2, 0) is 33.3 Å². The van der Waals surface area contributed by atoms with Gasteiger partial charge in [-0.05, 0) is 43.7 Å². The van der Waals surface area contributed by atoms with E-state index >= 15 is 0 Å². The maximum absolute atomic E-state index is 14.4. The van der Waals surface area contributed by atoms with Crippen molar-refractivity contribution in [2.75, 3.05) is 35.5 Å². The van der Waals surface area contributed by atoms with Crippen LogP contribution in [-0.4, -0.2) is 59.3 Å². The Morgan fingerprint density at radius 2 is 1.20 bits per heavy atom. The minimum Gasteiger partial charge on any atom is -0.497 e. The second-order valence-electron chi connectivity index (χ2n) is 9.42. The number of ether oxygens (including phenoxy) is 5. The molecule has 3 aromatic rings. The number of aliphatic carboxylic acids is 1. The molecule has 0 aliphatic carbocycles. The highest BCUT2D eigenvalue weighted by Crippen LogP contribution is 2.36. The molecule has 0 fully saturated rings. The number of carbonyl (C=O) groups is 1. The molecule has 0 radical (unpaired) electrons. The zero-order valence-corrected chi connectivity index (χ0v) is 24.5. The van der Waals surface area contributed by atoms with Gasteiger partial charge in [-0.25, -0.2) is 8.42 Å². The average Bonchev–Trinajstić information content (AvgIpc) is 2.96. The number of hydrogen-bond acceptors (Lipinski definition) is 8. The Morgan fingerprint density at radius 3 is 1.60 bits per heavy atom. The molecule has 10 nitrogen and oxygen atoms in total. The topological polar surface area (TPSA) is 121 Å². The first kappa shape index (κ1) is 30.6. The quantitative estimate of drug-likeness (QED) is 0.315. The van der Waals surface area contributed by atoms with Crippen LogP contribution in [0.2, 0.25) is 0 Å². The van der Waals surface area contributed by atoms with Crippen molar-refractivity contribution in [3.63, 3.8) is 0 Å². The molecular weight excluding hydrogens is 538 g/mol. The molecule has 0 saturated carbocycles. The smallest absolute Gasteiger partial charge is 0.313 e. The highest BCUT2D eigenvalue weighted by molar-refractivity contribution is 7.89. The van der Waals surface area contributed by atoms with Crippen LogP contribution in [0.15, 0.2) is 59.5 Å². The molecule has 0 atom stereocenters. The molecule has 11 heteroatoms. The van der Waals surface area contributed by atoms with E-state index in [4.69, 9.17) is 23.7 Å². The van der Waals surface area contributed by atoms with E-state index in [0.29, 0.717) is 39.7 Å². The number of sulfonamides is 1. The van der Waals surface area contributed by atoms with E-state index in [9.17, 15) is 18.3 Å². The maximum Gasteiger partial charge on any atom is 0.313 e. The number of carboxylic acid groups (broad SMARTS) is 1. The number of carboxylic acids is 1. The Kier molecular flexibility index (Phi) is 9.54. The summed E-state index contributed by atoms with van der Waals surface area (Å²) in [5, 5.41) is 9.78. The summed E-state index contributed by atoms with van der Waals surface area (Å²) in [6, 6.07) is 14.6. The van der Waals surface area contributed by atoms with E-state index in [2.05, 4.69) is 0 Å². The lowest BCUT2D eigenvalue weighted by atomic mass is 9.85. The van der Waals surface area contributed by atoms with Crippen molar-refractivity contribution >= 4 is 16.0 Å². The Hall–Kier alpha value is -3.96. The molecule has 0 aliphatic rings. The Balaban J connectivity index is 2.22. The van der Waals surface area contributed by atoms with Crippen molar-refractivity contribution in [3.05, 3.63) is 71.3 Å². The van der Waals surface area contributed by atoms with Crippen molar-refractivity contribution < 1.29 is 42.0 Å². The summed E-state index contributed by atoms with van der Waals surface area (Å²) >= 11 is 0. The van der Waals surface area contributed by atoms with Crippen LogP contribution in [0, 0.1) is 0 Å². The maximum atomic E-state index is 14.4. The van der Waals surface area contributed by atoms with Crippen molar-refractivity contribution in [2.24, 2.45) is 0 Å². The molecule has 0 amide bonds. The molecule has 40 heavy (non-hydrogen) atoms. The van der Waals surface area contributed by atoms with E-state index in [1.165, 1.54) is 65.8 Å². The lowest BCUT2D eigenvalue weighted by Crippen LogP contribution is -2.32. The number of hydrogen-bond donors (Lipinski definition) is 1. The van der Waals surface area contributed by atoms with Crippen LogP contribution >= 0.6 is 0 Å². The number of benzene rings is 3. The Labute approximate surface area is 235 Å². The molecule has 0 unspecified atom stereocenters. The van der Waals surface area contributed by atoms with E-state index in [0.717, 1.165) is 0 Å². The molecule has 3 rings (SSSR count). The molecule has 0 saturated heterocycles. The van der Waals surface area contributed by atoms with Gasteiger partial charge in [0, 0.05) is 36.3 Å². The predicted molar refractivity (Wildman–Crippen MR) is 149 cm³/mol. The first-order valence-corrected chi connectivity index (χ1v) is 13.7. The summed E-state index contributed by atoms with van der Waals surface area (Å²) in [7, 11) is 3.11. The Bertz CT molecular complexity index is 1410. The highest BCUT2D eigenvalue weighted by atomic mass is 32.2. The first-order chi connectivity index (χ1) is 18.9. The van der Waals surface area contributed by atoms with Gasteiger partial charge in [0.1, 0.15) is 33.6 Å². The van der Waals surface area contributed by atoms with Crippen LogP contribution in [0.1, 0.15) is 30.5 Å². The third-order valence-electron chi connectivity index (χ3n) is 6.72. The van der Waals surface area contributed by atoms with Crippen molar-refractivity contribution in [1.29, 1.82) is 0 Å². The fourth-order valence-electron chi connectivity index (χ4n) is 4.10. The number of methoxy groups -OCH3 is 5. The average molecular weight is 574 g/mol. The molecule has 3 aromatic carbocycles. The minimum absolute atomic E-state index is 0.0818. The van der Waals surface area contributed by atoms with Crippen molar-refractivity contribution in [2.45, 2.75) is 37.2 Å². The first-order valence-electron chi connectivity index (χ1n) is 12.3. The zero-order chi connectivity index (χ0) is 29.7. The predicted octanol–water partition coefficient (Wildman–Crippen LogP) is 4.48. The van der Waals surface area contributed by atoms with E-state index < -0.39 is 21.4 Å². The lowest BCUT2D eigenvalue weighted by molar-refractivity contribution is -0.142. The largest absolute Gasteiger partial charge is 0.497 e. The van der Waals surface area contributed by atoms with Crippen molar-refractivity contribution in [1.82, 2.24) is 4.31 Å². The minimum atomic E-state index is -4.29. The van der Waals surface area contributed by atoms with Crippen LogP contribution in [0.25, 0.3) is 0 Å². The van der Waals surface area contributed by atoms with Crippen LogP contribution < -0.4 is 23.7 Å². The van der Waals surface area contributed by atoms with Crippen molar-refractivity contribution in [3.8, 4) is 28.7 Å². The molecule has 0 bridgehead atoms. The van der Waals surface area contributed by atoms with Gasteiger partial charge in [0.15, 0.2) is 0 Å². The number of rotatable bonds is 13. The van der Waals surface area contributed by atoms with Crippen LogP contribution in [0.3, 0.4) is 0 Å². The molecular formula is C29H35NO9S. The van der Waals surface area contributed by atoms with Gasteiger partial charge in [-0.3, -0.25) is 4.79 Å². The molecule has 0 aliphatic heterocycles. The van der Waals surface area contributed by atoms with E-state index in [-0.39, 0.29) is 23.7 Å². The number of nitrogens with zero attached hydrogens (tertiary/aromatic N) is 1. The molecule has 0 heterocycles. The van der Waals surface area contributed by atoms with Gasteiger partial charge in [-0.1, -0.05) is 18.2 Å². The van der Waals surface area contributed by atoms with Gasteiger partial charge in [0.2, 0.25) is 10.0 Å². The van der Waals surface area contributed by atoms with Gasteiger partial charge >= 0.3 is 5.97 Å². The highest BCUT2D eigenvalue weighted by Gasteiger charge is 2.35. The summed E-state index contributed by atoms with van der Waals surface area (Å²) in [6.07, 6.45) is 0. The Morgan fingerprint density at radius 1 is 0.725 bits per heavy atom. The van der Waals surface area contributed by atoms with Gasteiger partial charge in [-0.15, -0.1) is 0 Å². The summed E-state index contributed by atoms with van der Waals surface area (Å²) in [5.41, 5.74) is 0.129. The fraction of sp³-hybridized carbons (Fsp3) is 0.345. The summed E-state index contributed by atoms with van der Waals surface area (Å²) in [6.45, 7) is 2.85. The zero-order valence-electron chi connectivity index (χ0n) is 23.7. The monoisotopic (exact) mass is 573 g/mol. The molecule has 0 spiro atoms. The molecule has 0 aromatic heterocycles. The molecule has 216 valence electrons. The fourth-order valence-corrected chi connectivity index (χ4v) is 5.68. The van der Waals surface area contributed by atoms with Crippen LogP contribution in [0.4, 0.5) is 0 Å². The van der Waals surface area contributed by atoms with Gasteiger partial charge in [0.25, 0.3) is 0 Å². The summed E-state index contributed by atoms with van der Waals surface area (Å²) < 4.78 is 57.1. The van der Waals surface area contributed by atoms with Gasteiger partial charge in [0.05, 0.1) is 41.0 Å². The second kappa shape index (κ2) is 12.5. The van der Waals surface area contributed by atoms with Crippen LogP contribution in [0.5, 0.6) is 28.7 Å². The second-order valence-corrected chi connectivity index (χ2v) is 11.3. The third-order valence-corrected chi connectivity index (χ3v) is 8.53. The SMILES string of the molecule is COc1ccc(CN(Cc2ccc(OC)cc2OC)S(=O)(=O)c2cc(C(C)(C)C(=O)O)ccc2OC)c(OC)c1. The molecule has 1 N–H and O–H groups in total. The summed E-state index contributed by atoms with van der Waals surface area (Å²) in [4.78, 5) is 11.8. The summed E-state index contributed by atoms with van der Waals surface area (Å²) in [5.74, 6) is 0.972. The normalized spacial score (nSPS) is 11.7. The van der Waals surface area contributed by atoms with Gasteiger partial charge < -0.3 is 28.8 Å². The van der Waals surface area contributed by atoms with Gasteiger partial charge in [-0.2, -0.15) is 4.31 Å². The lowest BCUT2D eigenvalue weighted by Gasteiger charge is -2.27. The van der Waals surface area contributed by atoms with E-state index in [1.807, 2.05) is 0 Å².